The molecule has 2 atom stereocenters. The third-order valence-corrected chi connectivity index (χ3v) is 3.59. The van der Waals surface area contributed by atoms with Gasteiger partial charge in [0, 0.05) is 12.5 Å². The summed E-state index contributed by atoms with van der Waals surface area (Å²) in [5, 5.41) is 0. The van der Waals surface area contributed by atoms with Crippen molar-refractivity contribution in [2.75, 3.05) is 31.3 Å². The van der Waals surface area contributed by atoms with Crippen molar-refractivity contribution in [1.82, 2.24) is 0 Å². The van der Waals surface area contributed by atoms with Gasteiger partial charge in [-0.05, 0) is 25.0 Å². The van der Waals surface area contributed by atoms with Crippen LogP contribution in [0.15, 0.2) is 12.1 Å². The molecular weight excluding hydrogens is 263 g/mol. The van der Waals surface area contributed by atoms with E-state index < -0.39 is 17.7 Å². The summed E-state index contributed by atoms with van der Waals surface area (Å²) in [7, 11) is 0. The molecule has 0 aliphatic carbocycles. The lowest BCUT2D eigenvalue weighted by atomic mass is 9.82. The number of halogens is 1. The number of esters is 1. The number of carbonyl (C=O) groups is 1. The molecule has 1 saturated heterocycles. The van der Waals surface area contributed by atoms with Gasteiger partial charge in [-0.1, -0.05) is 6.07 Å². The van der Waals surface area contributed by atoms with Crippen LogP contribution in [0.25, 0.3) is 0 Å². The molecule has 0 bridgehead atoms. The molecule has 4 N–H and O–H groups in total. The minimum Gasteiger partial charge on any atom is -0.466 e. The van der Waals surface area contributed by atoms with Crippen LogP contribution in [0.3, 0.4) is 0 Å². The second-order valence-corrected chi connectivity index (χ2v) is 4.80. The van der Waals surface area contributed by atoms with E-state index in [1.807, 2.05) is 0 Å². The number of carbonyl (C=O) groups excluding carboxylic acids is 1. The molecule has 5 nitrogen and oxygen atoms in total. The first-order valence-corrected chi connectivity index (χ1v) is 6.64. The number of nitrogens with two attached hydrogens (primary N) is 2. The third kappa shape index (κ3) is 2.70. The van der Waals surface area contributed by atoms with Gasteiger partial charge in [-0.15, -0.1) is 0 Å². The molecule has 1 fully saturated rings. The summed E-state index contributed by atoms with van der Waals surface area (Å²) in [6, 6.07) is 3.11. The van der Waals surface area contributed by atoms with Crippen molar-refractivity contribution in [3.8, 4) is 0 Å². The van der Waals surface area contributed by atoms with E-state index in [2.05, 4.69) is 0 Å². The Morgan fingerprint density at radius 2 is 2.25 bits per heavy atom. The maximum absolute atomic E-state index is 14.3. The highest BCUT2D eigenvalue weighted by Gasteiger charge is 2.35. The van der Waals surface area contributed by atoms with E-state index in [4.69, 9.17) is 20.9 Å². The predicted octanol–water partition coefficient (Wildman–Crippen LogP) is 1.67. The van der Waals surface area contributed by atoms with Crippen LogP contribution in [-0.2, 0) is 14.3 Å². The maximum atomic E-state index is 14.3. The highest BCUT2D eigenvalue weighted by Crippen LogP contribution is 2.36. The van der Waals surface area contributed by atoms with Crippen LogP contribution in [0.4, 0.5) is 15.8 Å². The fourth-order valence-corrected chi connectivity index (χ4v) is 2.49. The Bertz CT molecular complexity index is 507. The lowest BCUT2D eigenvalue weighted by molar-refractivity contribution is -0.152. The molecule has 6 heteroatoms. The molecule has 1 aliphatic heterocycles. The van der Waals surface area contributed by atoms with Crippen LogP contribution in [-0.4, -0.2) is 25.8 Å². The van der Waals surface area contributed by atoms with Gasteiger partial charge in [0.25, 0.3) is 0 Å². The van der Waals surface area contributed by atoms with Crippen molar-refractivity contribution in [3.05, 3.63) is 23.5 Å². The molecule has 1 aromatic rings. The largest absolute Gasteiger partial charge is 0.466 e. The zero-order chi connectivity index (χ0) is 14.7. The number of benzene rings is 1. The fourth-order valence-electron chi connectivity index (χ4n) is 2.49. The maximum Gasteiger partial charge on any atom is 0.309 e. The standard InChI is InChI=1S/C14H19FN2O3/c1-2-20-14(18)9-5-6-19-7-10(9)8-3-4-11(16)13(17)12(8)15/h3-4,9-10H,2,5-7,16-17H2,1H3. The fraction of sp³-hybridized carbons (Fsp3) is 0.500. The molecule has 0 spiro atoms. The summed E-state index contributed by atoms with van der Waals surface area (Å²) in [4.78, 5) is 12.0. The van der Waals surface area contributed by atoms with Gasteiger partial charge < -0.3 is 20.9 Å². The quantitative estimate of drug-likeness (QED) is 0.650. The van der Waals surface area contributed by atoms with E-state index in [1.54, 1.807) is 19.1 Å². The monoisotopic (exact) mass is 282 g/mol. The Labute approximate surface area is 117 Å². The van der Waals surface area contributed by atoms with E-state index in [-0.39, 0.29) is 24.0 Å². The van der Waals surface area contributed by atoms with Crippen LogP contribution in [0.1, 0.15) is 24.8 Å². The van der Waals surface area contributed by atoms with Gasteiger partial charge in [0.15, 0.2) is 5.82 Å². The second kappa shape index (κ2) is 6.09. The minimum absolute atomic E-state index is 0.0873. The Morgan fingerprint density at radius 1 is 1.50 bits per heavy atom. The van der Waals surface area contributed by atoms with E-state index in [9.17, 15) is 9.18 Å². The molecule has 20 heavy (non-hydrogen) atoms. The number of hydrogen-bond acceptors (Lipinski definition) is 5. The van der Waals surface area contributed by atoms with Crippen molar-refractivity contribution < 1.29 is 18.7 Å². The first-order valence-electron chi connectivity index (χ1n) is 6.64. The molecule has 2 unspecified atom stereocenters. The van der Waals surface area contributed by atoms with E-state index in [0.29, 0.717) is 25.2 Å². The summed E-state index contributed by atoms with van der Waals surface area (Å²) in [5.74, 6) is -1.71. The van der Waals surface area contributed by atoms with Crippen LogP contribution in [0, 0.1) is 11.7 Å². The van der Waals surface area contributed by atoms with Crippen molar-refractivity contribution in [2.45, 2.75) is 19.3 Å². The molecule has 0 saturated carbocycles. The molecule has 2 rings (SSSR count). The zero-order valence-corrected chi connectivity index (χ0v) is 11.4. The summed E-state index contributed by atoms with van der Waals surface area (Å²) in [6.07, 6.45) is 0.507. The summed E-state index contributed by atoms with van der Waals surface area (Å²) < 4.78 is 24.7. The van der Waals surface area contributed by atoms with E-state index >= 15 is 0 Å². The van der Waals surface area contributed by atoms with Crippen LogP contribution >= 0.6 is 0 Å². The Kier molecular flexibility index (Phi) is 4.44. The van der Waals surface area contributed by atoms with E-state index in [1.165, 1.54) is 0 Å². The number of rotatable bonds is 3. The molecule has 1 aliphatic rings. The van der Waals surface area contributed by atoms with Gasteiger partial charge in [-0.3, -0.25) is 4.79 Å². The lowest BCUT2D eigenvalue weighted by Gasteiger charge is -2.30. The molecule has 1 heterocycles. The predicted molar refractivity (Wildman–Crippen MR) is 73.5 cm³/mol. The molecule has 0 radical (unpaired) electrons. The summed E-state index contributed by atoms with van der Waals surface area (Å²) >= 11 is 0. The van der Waals surface area contributed by atoms with Gasteiger partial charge in [0.05, 0.1) is 30.5 Å². The molecule has 0 aromatic heterocycles. The average Bonchev–Trinajstić information content (AvgIpc) is 2.45. The summed E-state index contributed by atoms with van der Waals surface area (Å²) in [5.41, 5.74) is 11.6. The van der Waals surface area contributed by atoms with Crippen LogP contribution in [0.5, 0.6) is 0 Å². The van der Waals surface area contributed by atoms with Crippen LogP contribution in [0.2, 0.25) is 0 Å². The molecule has 0 amide bonds. The second-order valence-electron chi connectivity index (χ2n) is 4.80. The average molecular weight is 282 g/mol. The minimum atomic E-state index is -0.574. The third-order valence-electron chi connectivity index (χ3n) is 3.59. The highest BCUT2D eigenvalue weighted by atomic mass is 19.1. The van der Waals surface area contributed by atoms with Crippen molar-refractivity contribution >= 4 is 17.3 Å². The topological polar surface area (TPSA) is 87.6 Å². The Morgan fingerprint density at radius 3 is 2.95 bits per heavy atom. The number of hydrogen-bond donors (Lipinski definition) is 2. The highest BCUT2D eigenvalue weighted by molar-refractivity contribution is 5.74. The van der Waals surface area contributed by atoms with Crippen molar-refractivity contribution in [2.24, 2.45) is 5.92 Å². The van der Waals surface area contributed by atoms with Gasteiger partial charge in [0.2, 0.25) is 0 Å². The number of nitrogen functional groups attached to an aromatic ring is 2. The normalized spacial score (nSPS) is 22.5. The van der Waals surface area contributed by atoms with Gasteiger partial charge in [-0.25, -0.2) is 4.39 Å². The Balaban J connectivity index is 2.33. The van der Waals surface area contributed by atoms with Crippen LogP contribution < -0.4 is 11.5 Å². The van der Waals surface area contributed by atoms with Gasteiger partial charge in [0.1, 0.15) is 0 Å². The summed E-state index contributed by atoms with van der Waals surface area (Å²) in [6.45, 7) is 2.78. The molecular formula is C14H19FN2O3. The smallest absolute Gasteiger partial charge is 0.309 e. The van der Waals surface area contributed by atoms with Crippen molar-refractivity contribution in [3.63, 3.8) is 0 Å². The van der Waals surface area contributed by atoms with Gasteiger partial charge in [-0.2, -0.15) is 0 Å². The number of ether oxygens (including phenoxy) is 2. The van der Waals surface area contributed by atoms with E-state index in [0.717, 1.165) is 0 Å². The Hall–Kier alpha value is -1.82. The molecule has 1 aromatic carbocycles. The van der Waals surface area contributed by atoms with Gasteiger partial charge >= 0.3 is 5.97 Å². The lowest BCUT2D eigenvalue weighted by Crippen LogP contribution is -2.33. The molecule has 110 valence electrons. The van der Waals surface area contributed by atoms with Crippen molar-refractivity contribution in [1.29, 1.82) is 0 Å². The first kappa shape index (κ1) is 14.6. The number of anilines is 2. The SMILES string of the molecule is CCOC(=O)C1CCOCC1c1ccc(N)c(N)c1F. The first-order chi connectivity index (χ1) is 9.56. The zero-order valence-electron chi connectivity index (χ0n) is 11.4.